The minimum absolute atomic E-state index is 0.206. The summed E-state index contributed by atoms with van der Waals surface area (Å²) in [6.45, 7) is 3.98. The molecule has 2 aliphatic rings. The third kappa shape index (κ3) is 5.44. The van der Waals surface area contributed by atoms with Gasteiger partial charge in [0.2, 0.25) is 5.88 Å². The van der Waals surface area contributed by atoms with E-state index >= 15 is 0 Å². The second-order valence-corrected chi connectivity index (χ2v) is 8.92. The van der Waals surface area contributed by atoms with Crippen LogP contribution in [-0.4, -0.2) is 40.1 Å². The van der Waals surface area contributed by atoms with Crippen LogP contribution in [0.5, 0.6) is 5.88 Å². The summed E-state index contributed by atoms with van der Waals surface area (Å²) < 4.78 is 5.87. The van der Waals surface area contributed by atoms with Crippen LogP contribution in [-0.2, 0) is 0 Å². The van der Waals surface area contributed by atoms with E-state index in [4.69, 9.17) is 4.74 Å². The van der Waals surface area contributed by atoms with E-state index in [0.29, 0.717) is 17.1 Å². The molecule has 5 rings (SSSR count). The van der Waals surface area contributed by atoms with Gasteiger partial charge in [0.25, 0.3) is 5.91 Å². The summed E-state index contributed by atoms with van der Waals surface area (Å²) in [5.41, 5.74) is 2.09. The smallest absolute Gasteiger partial charge is 0.257 e. The molecule has 2 fully saturated rings. The molecular formula is C26H30N6O2. The molecule has 34 heavy (non-hydrogen) atoms. The molecule has 176 valence electrons. The summed E-state index contributed by atoms with van der Waals surface area (Å²) >= 11 is 0. The minimum Gasteiger partial charge on any atom is -0.474 e. The van der Waals surface area contributed by atoms with E-state index < -0.39 is 0 Å². The van der Waals surface area contributed by atoms with Gasteiger partial charge in [-0.2, -0.15) is 0 Å². The second-order valence-electron chi connectivity index (χ2n) is 8.92. The molecule has 8 heteroatoms. The molecule has 1 amide bonds. The Labute approximate surface area is 199 Å². The number of ether oxygens (including phenoxy) is 1. The van der Waals surface area contributed by atoms with E-state index in [-0.39, 0.29) is 12.0 Å². The van der Waals surface area contributed by atoms with Crippen molar-refractivity contribution in [2.75, 3.05) is 28.6 Å². The molecule has 1 saturated carbocycles. The van der Waals surface area contributed by atoms with Crippen LogP contribution in [0.3, 0.4) is 0 Å². The number of carbonyl (C=O) groups excluding carboxylic acids is 1. The predicted molar refractivity (Wildman–Crippen MR) is 133 cm³/mol. The third-order valence-corrected chi connectivity index (χ3v) is 6.26. The van der Waals surface area contributed by atoms with E-state index in [1.807, 2.05) is 37.3 Å². The first-order valence-corrected chi connectivity index (χ1v) is 12.0. The van der Waals surface area contributed by atoms with Crippen molar-refractivity contribution >= 4 is 28.9 Å². The quantitative estimate of drug-likeness (QED) is 0.509. The number of nitrogens with zero attached hydrogens (tertiary/aromatic N) is 4. The molecule has 1 aliphatic carbocycles. The average Bonchev–Trinajstić information content (AvgIpc) is 3.55. The summed E-state index contributed by atoms with van der Waals surface area (Å²) in [5, 5.41) is 6.26. The zero-order valence-corrected chi connectivity index (χ0v) is 19.5. The Morgan fingerprint density at radius 3 is 2.41 bits per heavy atom. The Kier molecular flexibility index (Phi) is 6.56. The van der Waals surface area contributed by atoms with Crippen molar-refractivity contribution < 1.29 is 9.53 Å². The lowest BCUT2D eigenvalue weighted by Gasteiger charge is -2.18. The van der Waals surface area contributed by atoms with Crippen molar-refractivity contribution in [3.8, 4) is 5.88 Å². The standard InChI is InChI=1S/C26H30N6O2/c1-18-28-23(16-24(29-18)32-14-4-5-15-32)30-20-9-11-21(12-10-20)31-26(33)19-8-13-25(27-17-19)34-22-6-2-3-7-22/h8-13,16-17,22H,2-7,14-15H2,1H3,(H,31,33)(H,28,29,30). The normalized spacial score (nSPS) is 16.0. The van der Waals surface area contributed by atoms with E-state index in [1.165, 1.54) is 25.7 Å². The summed E-state index contributed by atoms with van der Waals surface area (Å²) in [6, 6.07) is 13.1. The molecule has 0 spiro atoms. The Bertz CT molecular complexity index is 1120. The number of aryl methyl sites for hydroxylation is 1. The van der Waals surface area contributed by atoms with Crippen molar-refractivity contribution in [1.82, 2.24) is 15.0 Å². The summed E-state index contributed by atoms with van der Waals surface area (Å²) in [6.07, 6.45) is 8.77. The highest BCUT2D eigenvalue weighted by atomic mass is 16.5. The fourth-order valence-corrected chi connectivity index (χ4v) is 4.47. The SMILES string of the molecule is Cc1nc(Nc2ccc(NC(=O)c3ccc(OC4CCCC4)nc3)cc2)cc(N2CCCC2)n1. The molecule has 1 aromatic carbocycles. The fraction of sp³-hybridized carbons (Fsp3) is 0.385. The van der Waals surface area contributed by atoms with Crippen LogP contribution in [0, 0.1) is 6.92 Å². The number of pyridine rings is 1. The lowest BCUT2D eigenvalue weighted by molar-refractivity contribution is 0.102. The van der Waals surface area contributed by atoms with Gasteiger partial charge in [0, 0.05) is 42.8 Å². The van der Waals surface area contributed by atoms with Crippen molar-refractivity contribution in [2.45, 2.75) is 51.6 Å². The molecule has 1 saturated heterocycles. The van der Waals surface area contributed by atoms with Crippen molar-refractivity contribution in [3.05, 3.63) is 60.0 Å². The maximum atomic E-state index is 12.6. The number of anilines is 4. The van der Waals surface area contributed by atoms with Crippen LogP contribution in [0.2, 0.25) is 0 Å². The monoisotopic (exact) mass is 458 g/mol. The lowest BCUT2D eigenvalue weighted by atomic mass is 10.2. The predicted octanol–water partition coefficient (Wildman–Crippen LogP) is 5.10. The van der Waals surface area contributed by atoms with Crippen molar-refractivity contribution in [3.63, 3.8) is 0 Å². The van der Waals surface area contributed by atoms with Gasteiger partial charge in [-0.05, 0) is 75.8 Å². The maximum absolute atomic E-state index is 12.6. The van der Waals surface area contributed by atoms with E-state index in [0.717, 1.165) is 49.1 Å². The molecule has 0 radical (unpaired) electrons. The largest absolute Gasteiger partial charge is 0.474 e. The first-order chi connectivity index (χ1) is 16.6. The van der Waals surface area contributed by atoms with Gasteiger partial charge in [0.1, 0.15) is 23.6 Å². The number of amides is 1. The highest BCUT2D eigenvalue weighted by Crippen LogP contribution is 2.25. The fourth-order valence-electron chi connectivity index (χ4n) is 4.47. The number of aromatic nitrogens is 3. The third-order valence-electron chi connectivity index (χ3n) is 6.26. The maximum Gasteiger partial charge on any atom is 0.257 e. The highest BCUT2D eigenvalue weighted by molar-refractivity contribution is 6.04. The molecule has 0 atom stereocenters. The zero-order chi connectivity index (χ0) is 23.3. The van der Waals surface area contributed by atoms with Crippen molar-refractivity contribution in [1.29, 1.82) is 0 Å². The van der Waals surface area contributed by atoms with Crippen molar-refractivity contribution in [2.24, 2.45) is 0 Å². The van der Waals surface area contributed by atoms with Crippen LogP contribution < -0.4 is 20.3 Å². The molecule has 1 aliphatic heterocycles. The molecule has 3 heterocycles. The average molecular weight is 459 g/mol. The summed E-state index contributed by atoms with van der Waals surface area (Å²) in [5.74, 6) is 2.83. The van der Waals surface area contributed by atoms with Gasteiger partial charge in [-0.25, -0.2) is 15.0 Å². The molecule has 2 N–H and O–H groups in total. The van der Waals surface area contributed by atoms with Crippen LogP contribution in [0.25, 0.3) is 0 Å². The van der Waals surface area contributed by atoms with Crippen LogP contribution in [0.15, 0.2) is 48.7 Å². The van der Waals surface area contributed by atoms with E-state index in [2.05, 4.69) is 30.5 Å². The van der Waals surface area contributed by atoms with Gasteiger partial charge in [-0.1, -0.05) is 0 Å². The zero-order valence-electron chi connectivity index (χ0n) is 19.5. The van der Waals surface area contributed by atoms with Gasteiger partial charge in [-0.15, -0.1) is 0 Å². The van der Waals surface area contributed by atoms with Gasteiger partial charge in [0.15, 0.2) is 0 Å². The van der Waals surface area contributed by atoms with E-state index in [1.54, 1.807) is 18.3 Å². The van der Waals surface area contributed by atoms with Gasteiger partial charge in [0.05, 0.1) is 5.56 Å². The Balaban J connectivity index is 1.18. The second kappa shape index (κ2) is 10.1. The summed E-state index contributed by atoms with van der Waals surface area (Å²) in [7, 11) is 0. The van der Waals surface area contributed by atoms with E-state index in [9.17, 15) is 4.79 Å². The first kappa shape index (κ1) is 22.1. The Hall–Kier alpha value is -3.68. The Morgan fingerprint density at radius 2 is 1.71 bits per heavy atom. The molecule has 3 aromatic rings. The summed E-state index contributed by atoms with van der Waals surface area (Å²) in [4.78, 5) is 28.3. The Morgan fingerprint density at radius 1 is 0.971 bits per heavy atom. The molecule has 0 bridgehead atoms. The van der Waals surface area contributed by atoms with Crippen LogP contribution in [0.4, 0.5) is 23.0 Å². The highest BCUT2D eigenvalue weighted by Gasteiger charge is 2.17. The number of benzene rings is 1. The minimum atomic E-state index is -0.206. The molecule has 8 nitrogen and oxygen atoms in total. The number of hydrogen-bond acceptors (Lipinski definition) is 7. The van der Waals surface area contributed by atoms with Crippen LogP contribution >= 0.6 is 0 Å². The number of carbonyl (C=O) groups is 1. The molecule has 0 unspecified atom stereocenters. The number of nitrogens with one attached hydrogen (secondary N) is 2. The van der Waals surface area contributed by atoms with Gasteiger partial charge in [-0.3, -0.25) is 4.79 Å². The lowest BCUT2D eigenvalue weighted by Crippen LogP contribution is -2.19. The number of hydrogen-bond donors (Lipinski definition) is 2. The molecular weight excluding hydrogens is 428 g/mol. The van der Waals surface area contributed by atoms with Gasteiger partial charge < -0.3 is 20.3 Å². The van der Waals surface area contributed by atoms with Crippen LogP contribution in [0.1, 0.15) is 54.7 Å². The number of rotatable bonds is 7. The molecule has 2 aromatic heterocycles. The first-order valence-electron chi connectivity index (χ1n) is 12.0. The van der Waals surface area contributed by atoms with Gasteiger partial charge >= 0.3 is 0 Å². The topological polar surface area (TPSA) is 92.3 Å².